The van der Waals surface area contributed by atoms with Crippen LogP contribution in [0.4, 0.5) is 0 Å². The van der Waals surface area contributed by atoms with Crippen molar-refractivity contribution in [1.82, 2.24) is 0 Å². The topological polar surface area (TPSA) is 0 Å². The van der Waals surface area contributed by atoms with E-state index in [0.717, 1.165) is 0 Å². The molecule has 0 saturated heterocycles. The molecule has 0 amide bonds. The summed E-state index contributed by atoms with van der Waals surface area (Å²) in [5, 5.41) is 0. The van der Waals surface area contributed by atoms with Crippen molar-refractivity contribution < 1.29 is 16.6 Å². The first-order valence-corrected chi connectivity index (χ1v) is 11.3. The van der Waals surface area contributed by atoms with Gasteiger partial charge >= 0.3 is 0 Å². The summed E-state index contributed by atoms with van der Waals surface area (Å²) in [4.78, 5) is 0. The molecule has 0 saturated carbocycles. The predicted octanol–water partition coefficient (Wildman–Crippen LogP) is 2.61. The van der Waals surface area contributed by atoms with Gasteiger partial charge in [0.25, 0.3) is 0 Å². The van der Waals surface area contributed by atoms with Crippen LogP contribution in [0, 0.1) is 0 Å². The van der Waals surface area contributed by atoms with Crippen LogP contribution in [0.5, 0.6) is 0 Å². The molecule has 0 aromatic rings. The molecule has 0 N–H and O–H groups in total. The van der Waals surface area contributed by atoms with Gasteiger partial charge in [-0.05, 0) is 12.8 Å². The summed E-state index contributed by atoms with van der Waals surface area (Å²) in [6.07, 6.45) is 23.5. The van der Waals surface area contributed by atoms with Crippen LogP contribution in [0.15, 0.2) is 0 Å². The fourth-order valence-electron chi connectivity index (χ4n) is 3.13. The highest BCUT2D eigenvalue weighted by Gasteiger charge is 2.03. The van der Waals surface area contributed by atoms with Gasteiger partial charge in [0.1, 0.15) is 0 Å². The first-order valence-electron chi connectivity index (χ1n) is 10.4. The van der Waals surface area contributed by atoms with Crippen molar-refractivity contribution in [2.45, 2.75) is 110 Å². The lowest BCUT2D eigenvalue weighted by Gasteiger charge is -2.25. The van der Waals surface area contributed by atoms with E-state index in [9.17, 15) is 0 Å². The molecule has 0 aliphatic rings. The quantitative estimate of drug-likeness (QED) is 0.275. The molecule has 0 fully saturated rings. The van der Waals surface area contributed by atoms with Crippen molar-refractivity contribution in [3.05, 3.63) is 0 Å². The minimum atomic E-state index is 0. The third kappa shape index (κ3) is 24.8. The summed E-state index contributed by atoms with van der Waals surface area (Å²) >= 11 is 0. The minimum Gasteiger partial charge on any atom is -1.00 e. The van der Waals surface area contributed by atoms with Gasteiger partial charge in [-0.3, -0.25) is 0 Å². The van der Waals surface area contributed by atoms with Crippen molar-refractivity contribution in [1.29, 1.82) is 0 Å². The van der Waals surface area contributed by atoms with E-state index >= 15 is 0 Å². The van der Waals surface area contributed by atoms with E-state index in [-0.39, 0.29) is 12.4 Å². The Kier molecular flexibility index (Phi) is 21.0. The summed E-state index contributed by atoms with van der Waals surface area (Å²) < 4.78 is 1.26. The molecule has 0 spiro atoms. The van der Waals surface area contributed by atoms with E-state index in [0.29, 0.717) is 0 Å². The Hall–Kier alpha value is 0.467. The highest BCUT2D eigenvalue weighted by atomic mass is 35.5. The molecule has 0 heterocycles. The second-order valence-corrected chi connectivity index (χ2v) is 10.7. The Bertz CT molecular complexity index is 216. The summed E-state index contributed by atoms with van der Waals surface area (Å²) in [5.41, 5.74) is 0. The van der Waals surface area contributed by atoms with Crippen LogP contribution in [0.2, 0.25) is 0 Å². The highest BCUT2D eigenvalue weighted by molar-refractivity contribution is 5.97. The number of halogens is 1. The van der Waals surface area contributed by atoms with Crippen molar-refractivity contribution >= 4 is 10.4 Å². The number of quaternary nitrogens is 1. The Morgan fingerprint density at radius 2 is 0.783 bits per heavy atom. The van der Waals surface area contributed by atoms with Crippen LogP contribution in [0.25, 0.3) is 0 Å². The average molecular weight is 364 g/mol. The van der Waals surface area contributed by atoms with Crippen molar-refractivity contribution in [2.24, 2.45) is 0 Å². The summed E-state index contributed by atoms with van der Waals surface area (Å²) in [7, 11) is 6.00. The minimum absolute atomic E-state index is 0. The van der Waals surface area contributed by atoms with Gasteiger partial charge in [-0.15, -0.1) is 0 Å². The number of hydrogen-bond acceptors (Lipinski definition) is 0. The molecule has 23 heavy (non-hydrogen) atoms. The molecule has 1 nitrogen and oxygen atoms in total. The molecule has 0 radical (unpaired) electrons. The molecule has 0 atom stereocenters. The van der Waals surface area contributed by atoms with Crippen LogP contribution in [-0.2, 0) is 0 Å². The van der Waals surface area contributed by atoms with Crippen LogP contribution in [-0.4, -0.2) is 35.2 Å². The molecule has 0 aliphatic carbocycles. The van der Waals surface area contributed by atoms with Crippen molar-refractivity contribution in [3.63, 3.8) is 0 Å². The maximum Gasteiger partial charge on any atom is 0.239 e. The molecule has 142 valence electrons. The monoisotopic (exact) mass is 363 g/mol. The zero-order chi connectivity index (χ0) is 16.5. The average Bonchev–Trinajstić information content (AvgIpc) is 2.45. The lowest BCUT2D eigenvalue weighted by Crippen LogP contribution is -3.00. The third-order valence-corrected chi connectivity index (χ3v) is 5.13. The van der Waals surface area contributed by atoms with Crippen LogP contribution >= 0.6 is 0 Å². The van der Waals surface area contributed by atoms with Crippen LogP contribution in [0.3, 0.4) is 0 Å². The zero-order valence-electron chi connectivity index (χ0n) is 16.8. The maximum absolute atomic E-state index is 2.36. The first-order chi connectivity index (χ1) is 10.6. The molecule has 0 bridgehead atoms. The summed E-state index contributed by atoms with van der Waals surface area (Å²) in [5.74, 6) is 0. The summed E-state index contributed by atoms with van der Waals surface area (Å²) in [6.45, 7) is 3.69. The molecule has 0 aromatic carbocycles. The van der Waals surface area contributed by atoms with Gasteiger partial charge in [-0.25, -0.2) is 0 Å². The zero-order valence-corrected chi connectivity index (χ0v) is 19.6. The van der Waals surface area contributed by atoms with E-state index in [4.69, 9.17) is 0 Å². The fourth-order valence-corrected chi connectivity index (χ4v) is 3.45. The number of rotatable bonds is 17. The van der Waals surface area contributed by atoms with Gasteiger partial charge in [0, 0.05) is 0 Å². The molecular weight excluding hydrogens is 318 g/mol. The molecule has 0 rings (SSSR count). The predicted molar refractivity (Wildman–Crippen MR) is 106 cm³/mol. The van der Waals surface area contributed by atoms with Crippen molar-refractivity contribution in [2.75, 3.05) is 20.6 Å². The van der Waals surface area contributed by atoms with Crippen LogP contribution in [0.1, 0.15) is 110 Å². The second-order valence-electron chi connectivity index (χ2n) is 8.32. The van der Waals surface area contributed by atoms with Crippen LogP contribution < -0.4 is 12.4 Å². The Labute approximate surface area is 157 Å². The van der Waals surface area contributed by atoms with E-state index in [1.807, 2.05) is 0 Å². The van der Waals surface area contributed by atoms with E-state index < -0.39 is 0 Å². The first kappa shape index (κ1) is 25.7. The van der Waals surface area contributed by atoms with Gasteiger partial charge in [-0.1, -0.05) is 96.8 Å². The largest absolute Gasteiger partial charge is 1.00 e. The lowest BCUT2D eigenvalue weighted by molar-refractivity contribution is -0.773. The molecule has 0 aromatic heterocycles. The Morgan fingerprint density at radius 3 is 1.04 bits per heavy atom. The maximum atomic E-state index is 2.36. The van der Waals surface area contributed by atoms with E-state index in [1.54, 1.807) is 0 Å². The molecular formula is C20H46ClNSi. The standard InChI is InChI=1S/C20H46NSi.ClH/c1-4-5-6-7-8-9-10-11-12-13-14-15-16-17-18-19-20-21(2,3)22;/h4-20H2,1-3,22H3;1H/q+1;/p-1. The van der Waals surface area contributed by atoms with E-state index in [2.05, 4.69) is 21.0 Å². The number of unbranched alkanes of at least 4 members (excludes halogenated alkanes) is 15. The Morgan fingerprint density at radius 1 is 0.522 bits per heavy atom. The number of nitrogens with zero attached hydrogens (tertiary/aromatic N) is 1. The van der Waals surface area contributed by atoms with Gasteiger partial charge in [0.15, 0.2) is 0 Å². The van der Waals surface area contributed by atoms with Gasteiger partial charge < -0.3 is 16.6 Å². The summed E-state index contributed by atoms with van der Waals surface area (Å²) in [6, 6.07) is 0. The second kappa shape index (κ2) is 18.8. The fraction of sp³-hybridized carbons (Fsp3) is 1.00. The van der Waals surface area contributed by atoms with Gasteiger partial charge in [0.05, 0.1) is 20.6 Å². The number of hydrogen-bond donors (Lipinski definition) is 0. The highest BCUT2D eigenvalue weighted by Crippen LogP contribution is 2.13. The van der Waals surface area contributed by atoms with Gasteiger partial charge in [0.2, 0.25) is 10.4 Å². The normalized spacial score (nSPS) is 11.6. The molecule has 3 heteroatoms. The molecule has 0 aliphatic heterocycles. The van der Waals surface area contributed by atoms with E-state index in [1.165, 1.54) is 124 Å². The Balaban J connectivity index is 0. The lowest BCUT2D eigenvalue weighted by atomic mass is 10.0. The SMILES string of the molecule is CCCCCCCCCCCCCCCCCC[N+](C)(C)[SiH3].[Cl-]. The van der Waals surface area contributed by atoms with Crippen molar-refractivity contribution in [3.8, 4) is 0 Å². The third-order valence-electron chi connectivity index (χ3n) is 4.68. The smallest absolute Gasteiger partial charge is 0.239 e. The molecule has 0 unspecified atom stereocenters. The van der Waals surface area contributed by atoms with Gasteiger partial charge in [-0.2, -0.15) is 0 Å².